The number of aromatic nitrogens is 2. The molecule has 0 spiro atoms. The summed E-state index contributed by atoms with van der Waals surface area (Å²) < 4.78 is 18.8. The zero-order chi connectivity index (χ0) is 24.1. The van der Waals surface area contributed by atoms with Crippen molar-refractivity contribution in [1.29, 1.82) is 0 Å². The lowest BCUT2D eigenvalue weighted by atomic mass is 9.92. The van der Waals surface area contributed by atoms with Gasteiger partial charge in [-0.2, -0.15) is 4.98 Å². The molecule has 8 nitrogen and oxygen atoms in total. The van der Waals surface area contributed by atoms with Gasteiger partial charge in [0, 0.05) is 24.2 Å². The van der Waals surface area contributed by atoms with Crippen LogP contribution in [0, 0.1) is 21.8 Å². The van der Waals surface area contributed by atoms with Crippen molar-refractivity contribution in [2.75, 3.05) is 18.0 Å². The van der Waals surface area contributed by atoms with E-state index in [9.17, 15) is 19.3 Å². The van der Waals surface area contributed by atoms with E-state index in [2.05, 4.69) is 16.9 Å². The second kappa shape index (κ2) is 10.4. The van der Waals surface area contributed by atoms with E-state index in [1.54, 1.807) is 24.3 Å². The normalized spacial score (nSPS) is 14.1. The molecule has 34 heavy (non-hydrogen) atoms. The number of carbonyl (C=O) groups excluding carboxylic acids is 1. The van der Waals surface area contributed by atoms with Gasteiger partial charge in [0.2, 0.25) is 5.82 Å². The van der Waals surface area contributed by atoms with Crippen LogP contribution in [0.2, 0.25) is 0 Å². The van der Waals surface area contributed by atoms with Crippen LogP contribution in [0.3, 0.4) is 0 Å². The van der Waals surface area contributed by atoms with Crippen molar-refractivity contribution in [3.63, 3.8) is 0 Å². The van der Waals surface area contributed by atoms with Crippen LogP contribution in [-0.4, -0.2) is 33.8 Å². The zero-order valence-corrected chi connectivity index (χ0v) is 18.8. The van der Waals surface area contributed by atoms with Gasteiger partial charge in [-0.1, -0.05) is 19.8 Å². The van der Waals surface area contributed by atoms with Crippen LogP contribution in [0.25, 0.3) is 0 Å². The molecule has 0 saturated carbocycles. The molecule has 0 unspecified atom stereocenters. The summed E-state index contributed by atoms with van der Waals surface area (Å²) >= 11 is 0. The van der Waals surface area contributed by atoms with Gasteiger partial charge in [-0.25, -0.2) is 9.37 Å². The standard InChI is InChI=1S/C25H25FN4O4/c1-2-3-17-12-14-29(15-13-17)24-22(30(32)33)25(28-16-27-24)34-21-10-6-19(7-11-21)23(31)18-4-8-20(26)9-5-18/h4-11,16-17H,2-3,12-15H2,1H3. The molecule has 2 aromatic carbocycles. The molecule has 0 atom stereocenters. The molecule has 0 radical (unpaired) electrons. The Kier molecular flexibility index (Phi) is 7.10. The lowest BCUT2D eigenvalue weighted by Crippen LogP contribution is -2.34. The van der Waals surface area contributed by atoms with E-state index in [0.717, 1.165) is 25.7 Å². The molecule has 1 fully saturated rings. The Balaban J connectivity index is 1.52. The molecule has 0 N–H and O–H groups in total. The minimum Gasteiger partial charge on any atom is -0.434 e. The van der Waals surface area contributed by atoms with Gasteiger partial charge in [0.15, 0.2) is 5.78 Å². The fraction of sp³-hybridized carbons (Fsp3) is 0.320. The minimum atomic E-state index is -0.519. The second-order valence-corrected chi connectivity index (χ2v) is 8.29. The maximum absolute atomic E-state index is 13.1. The van der Waals surface area contributed by atoms with Crippen molar-refractivity contribution in [1.82, 2.24) is 9.97 Å². The molecule has 0 amide bonds. The number of nitro groups is 1. The number of rotatable bonds is 8. The third-order valence-corrected chi connectivity index (χ3v) is 6.00. The van der Waals surface area contributed by atoms with E-state index in [-0.39, 0.29) is 23.2 Å². The molecule has 4 rings (SSSR count). The van der Waals surface area contributed by atoms with Gasteiger partial charge in [0.05, 0.1) is 4.92 Å². The highest BCUT2D eigenvalue weighted by atomic mass is 19.1. The fourth-order valence-electron chi connectivity index (χ4n) is 4.22. The van der Waals surface area contributed by atoms with Gasteiger partial charge in [0.25, 0.3) is 0 Å². The average Bonchev–Trinajstić information content (AvgIpc) is 2.85. The SMILES string of the molecule is CCCC1CCN(c2ncnc(Oc3ccc(C(=O)c4ccc(F)cc4)cc3)c2[N+](=O)[O-])CC1. The smallest absolute Gasteiger partial charge is 0.373 e. The Morgan fingerprint density at radius 2 is 1.71 bits per heavy atom. The summed E-state index contributed by atoms with van der Waals surface area (Å²) in [6.45, 7) is 3.56. The van der Waals surface area contributed by atoms with Gasteiger partial charge in [-0.3, -0.25) is 14.9 Å². The molecule has 1 aliphatic heterocycles. The number of benzene rings is 2. The zero-order valence-electron chi connectivity index (χ0n) is 18.8. The largest absolute Gasteiger partial charge is 0.434 e. The maximum Gasteiger partial charge on any atom is 0.373 e. The monoisotopic (exact) mass is 464 g/mol. The molecular formula is C25H25FN4O4. The fourth-order valence-corrected chi connectivity index (χ4v) is 4.22. The molecule has 0 bridgehead atoms. The van der Waals surface area contributed by atoms with Crippen LogP contribution in [0.4, 0.5) is 15.9 Å². The first kappa shape index (κ1) is 23.3. The van der Waals surface area contributed by atoms with Gasteiger partial charge in [-0.05, 0) is 67.3 Å². The Morgan fingerprint density at radius 3 is 2.29 bits per heavy atom. The Bertz CT molecular complexity index is 1160. The number of ketones is 1. The molecule has 1 saturated heterocycles. The first-order valence-corrected chi connectivity index (χ1v) is 11.3. The number of carbonyl (C=O) groups is 1. The summed E-state index contributed by atoms with van der Waals surface area (Å²) in [5.41, 5.74) is 0.462. The van der Waals surface area contributed by atoms with Gasteiger partial charge >= 0.3 is 11.6 Å². The summed E-state index contributed by atoms with van der Waals surface area (Å²) in [4.78, 5) is 34.1. The van der Waals surface area contributed by atoms with Gasteiger partial charge < -0.3 is 9.64 Å². The number of halogens is 1. The van der Waals surface area contributed by atoms with Crippen molar-refractivity contribution in [2.24, 2.45) is 5.92 Å². The Labute approximate surface area is 196 Å². The van der Waals surface area contributed by atoms with Crippen LogP contribution < -0.4 is 9.64 Å². The van der Waals surface area contributed by atoms with Gasteiger partial charge in [0.1, 0.15) is 17.9 Å². The van der Waals surface area contributed by atoms with Crippen LogP contribution in [0.5, 0.6) is 11.6 Å². The Morgan fingerprint density at radius 1 is 1.09 bits per heavy atom. The molecule has 176 valence electrons. The molecule has 1 aromatic heterocycles. The van der Waals surface area contributed by atoms with E-state index in [1.165, 1.54) is 30.6 Å². The molecule has 3 aromatic rings. The summed E-state index contributed by atoms with van der Waals surface area (Å²) in [7, 11) is 0. The van der Waals surface area contributed by atoms with Crippen molar-refractivity contribution in [3.05, 3.63) is 81.9 Å². The summed E-state index contributed by atoms with van der Waals surface area (Å²) in [6, 6.07) is 11.5. The Hall–Kier alpha value is -3.88. The predicted octanol–water partition coefficient (Wildman–Crippen LogP) is 5.56. The second-order valence-electron chi connectivity index (χ2n) is 8.29. The molecule has 9 heteroatoms. The molecular weight excluding hydrogens is 439 g/mol. The van der Waals surface area contributed by atoms with Gasteiger partial charge in [-0.15, -0.1) is 0 Å². The van der Waals surface area contributed by atoms with Crippen LogP contribution in [0.1, 0.15) is 48.5 Å². The quantitative estimate of drug-likeness (QED) is 0.244. The lowest BCUT2D eigenvalue weighted by Gasteiger charge is -2.32. The van der Waals surface area contributed by atoms with Crippen molar-refractivity contribution < 1.29 is 18.8 Å². The van der Waals surface area contributed by atoms with E-state index < -0.39 is 10.7 Å². The summed E-state index contributed by atoms with van der Waals surface area (Å²) in [5.74, 6) is 0.347. The third-order valence-electron chi connectivity index (χ3n) is 6.00. The highest BCUT2D eigenvalue weighted by Gasteiger charge is 2.31. The number of anilines is 1. The van der Waals surface area contributed by atoms with E-state index in [4.69, 9.17) is 4.74 Å². The molecule has 1 aliphatic rings. The van der Waals surface area contributed by atoms with Crippen LogP contribution in [-0.2, 0) is 0 Å². The number of ether oxygens (including phenoxy) is 1. The van der Waals surface area contributed by atoms with Crippen molar-refractivity contribution in [2.45, 2.75) is 32.6 Å². The number of hydrogen-bond donors (Lipinski definition) is 0. The minimum absolute atomic E-state index is 0.150. The van der Waals surface area contributed by atoms with Crippen LogP contribution >= 0.6 is 0 Å². The van der Waals surface area contributed by atoms with E-state index in [0.29, 0.717) is 35.9 Å². The van der Waals surface area contributed by atoms with Crippen LogP contribution in [0.15, 0.2) is 54.9 Å². The average molecular weight is 464 g/mol. The highest BCUT2D eigenvalue weighted by Crippen LogP contribution is 2.38. The number of piperidine rings is 1. The third kappa shape index (κ3) is 5.19. The van der Waals surface area contributed by atoms with E-state index in [1.807, 2.05) is 4.90 Å². The van der Waals surface area contributed by atoms with E-state index >= 15 is 0 Å². The highest BCUT2D eigenvalue weighted by molar-refractivity contribution is 6.09. The lowest BCUT2D eigenvalue weighted by molar-refractivity contribution is -0.385. The topological polar surface area (TPSA) is 98.5 Å². The number of hydrogen-bond acceptors (Lipinski definition) is 7. The van der Waals surface area contributed by atoms with Crippen molar-refractivity contribution in [3.8, 4) is 11.6 Å². The first-order valence-electron chi connectivity index (χ1n) is 11.3. The summed E-state index contributed by atoms with van der Waals surface area (Å²) in [5, 5.41) is 11.9. The molecule has 2 heterocycles. The predicted molar refractivity (Wildman–Crippen MR) is 125 cm³/mol. The maximum atomic E-state index is 13.1. The summed E-state index contributed by atoms with van der Waals surface area (Å²) in [6.07, 6.45) is 5.49. The molecule has 0 aliphatic carbocycles. The number of nitrogens with zero attached hydrogens (tertiary/aromatic N) is 4. The van der Waals surface area contributed by atoms with Crippen molar-refractivity contribution >= 4 is 17.3 Å². The first-order chi connectivity index (χ1) is 16.5.